The van der Waals surface area contributed by atoms with Gasteiger partial charge in [0, 0.05) is 12.6 Å². The van der Waals surface area contributed by atoms with Gasteiger partial charge in [0.15, 0.2) is 5.13 Å². The van der Waals surface area contributed by atoms with E-state index in [4.69, 9.17) is 5.73 Å². The summed E-state index contributed by atoms with van der Waals surface area (Å²) in [5.41, 5.74) is 5.72. The third-order valence-electron chi connectivity index (χ3n) is 2.40. The molecule has 6 heteroatoms. The summed E-state index contributed by atoms with van der Waals surface area (Å²) in [4.78, 5) is 16.4. The maximum Gasteiger partial charge on any atom is 0.265 e. The molecule has 5 nitrogen and oxygen atoms in total. The highest BCUT2D eigenvalue weighted by atomic mass is 32.1. The molecule has 0 saturated heterocycles. The van der Waals surface area contributed by atoms with E-state index in [0.29, 0.717) is 23.3 Å². The minimum Gasteiger partial charge on any atom is -0.382 e. The minimum absolute atomic E-state index is 0.161. The average Bonchev–Trinajstić information content (AvgIpc) is 3.02. The van der Waals surface area contributed by atoms with Crippen LogP contribution in [-0.2, 0) is 0 Å². The average molecular weight is 252 g/mol. The van der Waals surface area contributed by atoms with Crippen molar-refractivity contribution in [3.63, 3.8) is 0 Å². The highest BCUT2D eigenvalue weighted by Crippen LogP contribution is 2.30. The lowest BCUT2D eigenvalue weighted by atomic mass is 10.4. The van der Waals surface area contributed by atoms with Gasteiger partial charge in [0.05, 0.1) is 0 Å². The Balaban J connectivity index is 1.95. The summed E-state index contributed by atoms with van der Waals surface area (Å²) in [5.74, 6) is 0.139. The number of carbonyl (C=O) groups excluding carboxylic acids is 1. The number of nitrogens with two attached hydrogens (primary N) is 1. The van der Waals surface area contributed by atoms with Crippen LogP contribution < -0.4 is 16.4 Å². The van der Waals surface area contributed by atoms with Gasteiger partial charge >= 0.3 is 0 Å². The van der Waals surface area contributed by atoms with E-state index in [9.17, 15) is 4.79 Å². The van der Waals surface area contributed by atoms with Crippen LogP contribution in [0.3, 0.4) is 0 Å². The zero-order chi connectivity index (χ0) is 12.3. The fourth-order valence-corrected chi connectivity index (χ4v) is 2.20. The van der Waals surface area contributed by atoms with Crippen LogP contribution in [0.4, 0.5) is 10.9 Å². The van der Waals surface area contributed by atoms with Crippen molar-refractivity contribution >= 4 is 28.2 Å². The molecule has 0 unspecified atom stereocenters. The number of anilines is 2. The van der Waals surface area contributed by atoms with Crippen LogP contribution in [-0.4, -0.2) is 23.5 Å². The van der Waals surface area contributed by atoms with Gasteiger partial charge in [-0.15, -0.1) is 6.58 Å². The van der Waals surface area contributed by atoms with Gasteiger partial charge in [-0.3, -0.25) is 4.79 Å². The molecule has 2 rings (SSSR count). The molecule has 1 aliphatic rings. The normalized spacial score (nSPS) is 14.4. The molecule has 0 spiro atoms. The van der Waals surface area contributed by atoms with E-state index < -0.39 is 0 Å². The van der Waals surface area contributed by atoms with Crippen LogP contribution in [0, 0.1) is 0 Å². The van der Waals surface area contributed by atoms with E-state index in [2.05, 4.69) is 22.2 Å². The first kappa shape index (κ1) is 11.9. The number of nitrogens with one attached hydrogen (secondary N) is 2. The molecular weight excluding hydrogens is 236 g/mol. The van der Waals surface area contributed by atoms with E-state index in [0.717, 1.165) is 11.6 Å². The van der Waals surface area contributed by atoms with Crippen molar-refractivity contribution < 1.29 is 4.79 Å². The molecular formula is C11H16N4OS. The summed E-state index contributed by atoms with van der Waals surface area (Å²) in [5, 5.41) is 6.74. The van der Waals surface area contributed by atoms with Crippen LogP contribution >= 0.6 is 11.3 Å². The molecule has 1 aliphatic carbocycles. The molecule has 92 valence electrons. The second-order valence-corrected chi connectivity index (χ2v) is 4.98. The molecule has 1 fully saturated rings. The Morgan fingerprint density at radius 2 is 2.41 bits per heavy atom. The fraction of sp³-hybridized carbons (Fsp3) is 0.455. The number of amides is 1. The highest BCUT2D eigenvalue weighted by Gasteiger charge is 2.24. The van der Waals surface area contributed by atoms with Crippen LogP contribution in [0.2, 0.25) is 0 Å². The number of hydrogen-bond acceptors (Lipinski definition) is 5. The maximum atomic E-state index is 11.8. The Labute approximate surface area is 104 Å². The third-order valence-corrected chi connectivity index (χ3v) is 3.40. The SMILES string of the molecule is C=CCCNC(=O)c1sc(NC2CC2)nc1N. The topological polar surface area (TPSA) is 80.0 Å². The van der Waals surface area contributed by atoms with Crippen molar-refractivity contribution in [1.29, 1.82) is 0 Å². The summed E-state index contributed by atoms with van der Waals surface area (Å²) in [6.45, 7) is 4.17. The number of thiazole rings is 1. The predicted octanol–water partition coefficient (Wildman–Crippen LogP) is 1.61. The van der Waals surface area contributed by atoms with E-state index in [1.54, 1.807) is 6.08 Å². The monoisotopic (exact) mass is 252 g/mol. The summed E-state index contributed by atoms with van der Waals surface area (Å²) < 4.78 is 0. The molecule has 1 aromatic rings. The second kappa shape index (κ2) is 5.18. The van der Waals surface area contributed by atoms with E-state index in [-0.39, 0.29) is 5.91 Å². The highest BCUT2D eigenvalue weighted by molar-refractivity contribution is 7.18. The number of aromatic nitrogens is 1. The standard InChI is InChI=1S/C11H16N4OS/c1-2-3-6-13-10(16)8-9(12)15-11(17-8)14-7-4-5-7/h2,7H,1,3-6,12H2,(H,13,16)(H,14,15). The van der Waals surface area contributed by atoms with Gasteiger partial charge in [-0.1, -0.05) is 17.4 Å². The van der Waals surface area contributed by atoms with Gasteiger partial charge in [-0.05, 0) is 19.3 Å². The van der Waals surface area contributed by atoms with Crippen LogP contribution in [0.15, 0.2) is 12.7 Å². The molecule has 1 amide bonds. The summed E-state index contributed by atoms with van der Waals surface area (Å²) in [7, 11) is 0. The Morgan fingerprint density at radius 1 is 1.65 bits per heavy atom. The molecule has 1 heterocycles. The van der Waals surface area contributed by atoms with Crippen molar-refractivity contribution in [3.8, 4) is 0 Å². The van der Waals surface area contributed by atoms with Crippen LogP contribution in [0.25, 0.3) is 0 Å². The van der Waals surface area contributed by atoms with Crippen molar-refractivity contribution in [2.75, 3.05) is 17.6 Å². The Kier molecular flexibility index (Phi) is 3.63. The summed E-state index contributed by atoms with van der Waals surface area (Å²) in [6, 6.07) is 0.511. The zero-order valence-electron chi connectivity index (χ0n) is 9.53. The van der Waals surface area contributed by atoms with Crippen LogP contribution in [0.5, 0.6) is 0 Å². The molecule has 0 aliphatic heterocycles. The largest absolute Gasteiger partial charge is 0.382 e. The lowest BCUT2D eigenvalue weighted by molar-refractivity contribution is 0.0959. The number of carbonyl (C=O) groups is 1. The second-order valence-electron chi connectivity index (χ2n) is 3.99. The quantitative estimate of drug-likeness (QED) is 0.531. The van der Waals surface area contributed by atoms with Gasteiger partial charge in [-0.25, -0.2) is 4.98 Å². The molecule has 17 heavy (non-hydrogen) atoms. The van der Waals surface area contributed by atoms with Crippen molar-refractivity contribution in [3.05, 3.63) is 17.5 Å². The van der Waals surface area contributed by atoms with Gasteiger partial charge in [0.1, 0.15) is 10.7 Å². The lowest BCUT2D eigenvalue weighted by Gasteiger charge is -2.00. The van der Waals surface area contributed by atoms with Gasteiger partial charge < -0.3 is 16.4 Å². The molecule has 0 bridgehead atoms. The first-order valence-electron chi connectivity index (χ1n) is 5.62. The van der Waals surface area contributed by atoms with Crippen LogP contribution in [0.1, 0.15) is 28.9 Å². The molecule has 0 radical (unpaired) electrons. The van der Waals surface area contributed by atoms with E-state index in [1.165, 1.54) is 24.2 Å². The fourth-order valence-electron chi connectivity index (χ4n) is 1.33. The third kappa shape index (κ3) is 3.20. The van der Waals surface area contributed by atoms with Gasteiger partial charge in [-0.2, -0.15) is 0 Å². The number of rotatable bonds is 6. The van der Waals surface area contributed by atoms with Gasteiger partial charge in [0.25, 0.3) is 5.91 Å². The molecule has 0 atom stereocenters. The van der Waals surface area contributed by atoms with Crippen molar-refractivity contribution in [2.24, 2.45) is 0 Å². The molecule has 4 N–H and O–H groups in total. The Bertz CT molecular complexity index is 425. The first-order chi connectivity index (χ1) is 8.20. The van der Waals surface area contributed by atoms with Gasteiger partial charge in [0.2, 0.25) is 0 Å². The van der Waals surface area contributed by atoms with E-state index >= 15 is 0 Å². The van der Waals surface area contributed by atoms with Crippen molar-refractivity contribution in [1.82, 2.24) is 10.3 Å². The minimum atomic E-state index is -0.161. The summed E-state index contributed by atoms with van der Waals surface area (Å²) >= 11 is 1.31. The van der Waals surface area contributed by atoms with Crippen molar-refractivity contribution in [2.45, 2.75) is 25.3 Å². The lowest BCUT2D eigenvalue weighted by Crippen LogP contribution is -2.23. The zero-order valence-corrected chi connectivity index (χ0v) is 10.3. The van der Waals surface area contributed by atoms with E-state index in [1.807, 2.05) is 0 Å². The number of hydrogen-bond donors (Lipinski definition) is 3. The predicted molar refractivity (Wildman–Crippen MR) is 70.3 cm³/mol. The molecule has 0 aromatic carbocycles. The smallest absolute Gasteiger partial charge is 0.265 e. The first-order valence-corrected chi connectivity index (χ1v) is 6.44. The molecule has 1 aromatic heterocycles. The number of nitrogen functional groups attached to an aromatic ring is 1. The number of nitrogens with zero attached hydrogens (tertiary/aromatic N) is 1. The summed E-state index contributed by atoms with van der Waals surface area (Å²) in [6.07, 6.45) is 4.84. The maximum absolute atomic E-state index is 11.8. The Morgan fingerprint density at radius 3 is 3.06 bits per heavy atom. The molecule has 1 saturated carbocycles. The Hall–Kier alpha value is -1.56.